The molecule has 1 N–H and O–H groups in total. The molecule has 2 amide bonds. The van der Waals surface area contributed by atoms with Crippen LogP contribution in [0.5, 0.6) is 0 Å². The Morgan fingerprint density at radius 2 is 1.78 bits per heavy atom. The third kappa shape index (κ3) is 3.99. The number of hydrogen-bond donors (Lipinski definition) is 1. The highest BCUT2D eigenvalue weighted by molar-refractivity contribution is 9.10. The maximum atomic E-state index is 12.1. The molecule has 2 aromatic carbocycles. The molecule has 1 fully saturated rings. The van der Waals surface area contributed by atoms with Gasteiger partial charge < -0.3 is 10.2 Å². The fourth-order valence-corrected chi connectivity index (χ4v) is 2.90. The zero-order valence-electron chi connectivity index (χ0n) is 12.6. The first kappa shape index (κ1) is 15.7. The molecule has 0 unspecified atom stereocenters. The van der Waals surface area contributed by atoms with Crippen LogP contribution in [0.25, 0.3) is 0 Å². The van der Waals surface area contributed by atoms with E-state index in [2.05, 4.69) is 21.2 Å². The van der Waals surface area contributed by atoms with E-state index in [9.17, 15) is 9.59 Å². The summed E-state index contributed by atoms with van der Waals surface area (Å²) in [7, 11) is 0. The van der Waals surface area contributed by atoms with Crippen molar-refractivity contribution in [2.75, 3.05) is 16.8 Å². The van der Waals surface area contributed by atoms with Crippen LogP contribution in [0.1, 0.15) is 18.4 Å². The van der Waals surface area contributed by atoms with Crippen LogP contribution in [0.4, 0.5) is 11.4 Å². The minimum Gasteiger partial charge on any atom is -0.326 e. The molecular formula is C18H17BrN2O2. The molecule has 0 atom stereocenters. The van der Waals surface area contributed by atoms with Crippen LogP contribution in [-0.2, 0) is 16.0 Å². The van der Waals surface area contributed by atoms with Gasteiger partial charge in [0.25, 0.3) is 0 Å². The molecular weight excluding hydrogens is 356 g/mol. The van der Waals surface area contributed by atoms with Crippen LogP contribution in [0, 0.1) is 0 Å². The molecule has 0 bridgehead atoms. The lowest BCUT2D eigenvalue weighted by molar-refractivity contribution is -0.117. The molecule has 1 aliphatic rings. The lowest BCUT2D eigenvalue weighted by Crippen LogP contribution is -2.23. The van der Waals surface area contributed by atoms with E-state index in [0.29, 0.717) is 12.8 Å². The lowest BCUT2D eigenvalue weighted by atomic mass is 10.1. The highest BCUT2D eigenvalue weighted by atomic mass is 79.9. The first-order valence-corrected chi connectivity index (χ1v) is 8.36. The highest BCUT2D eigenvalue weighted by Crippen LogP contribution is 2.23. The first-order chi connectivity index (χ1) is 11.1. The maximum absolute atomic E-state index is 12.1. The van der Waals surface area contributed by atoms with E-state index >= 15 is 0 Å². The second kappa shape index (κ2) is 6.96. The Bertz CT molecular complexity index is 711. The molecule has 23 heavy (non-hydrogen) atoms. The Hall–Kier alpha value is -2.14. The van der Waals surface area contributed by atoms with Gasteiger partial charge in [0, 0.05) is 28.8 Å². The van der Waals surface area contributed by atoms with Gasteiger partial charge in [-0.05, 0) is 48.4 Å². The number of halogens is 1. The number of carbonyl (C=O) groups excluding carboxylic acids is 2. The van der Waals surface area contributed by atoms with Gasteiger partial charge in [0.2, 0.25) is 11.8 Å². The molecule has 0 spiro atoms. The molecule has 1 heterocycles. The summed E-state index contributed by atoms with van der Waals surface area (Å²) in [5, 5.41) is 2.88. The topological polar surface area (TPSA) is 49.4 Å². The Labute approximate surface area is 143 Å². The number of nitrogens with zero attached hydrogens (tertiary/aromatic N) is 1. The molecule has 4 nitrogen and oxygen atoms in total. The molecule has 1 saturated heterocycles. The number of nitrogens with one attached hydrogen (secondary N) is 1. The van der Waals surface area contributed by atoms with E-state index < -0.39 is 0 Å². The van der Waals surface area contributed by atoms with Crippen molar-refractivity contribution in [2.45, 2.75) is 19.3 Å². The molecule has 1 aliphatic heterocycles. The monoisotopic (exact) mass is 372 g/mol. The van der Waals surface area contributed by atoms with E-state index in [-0.39, 0.29) is 11.8 Å². The van der Waals surface area contributed by atoms with Crippen molar-refractivity contribution in [1.29, 1.82) is 0 Å². The molecule has 118 valence electrons. The Balaban J connectivity index is 1.60. The predicted octanol–water partition coefficient (Wildman–Crippen LogP) is 3.76. The number of hydrogen-bond acceptors (Lipinski definition) is 2. The highest BCUT2D eigenvalue weighted by Gasteiger charge is 2.21. The van der Waals surface area contributed by atoms with Gasteiger partial charge in [-0.15, -0.1) is 0 Å². The van der Waals surface area contributed by atoms with Crippen molar-refractivity contribution in [3.63, 3.8) is 0 Å². The van der Waals surface area contributed by atoms with Gasteiger partial charge in [-0.25, -0.2) is 0 Å². The molecule has 0 aliphatic carbocycles. The number of carbonyl (C=O) groups is 2. The van der Waals surface area contributed by atoms with Crippen LogP contribution in [-0.4, -0.2) is 18.4 Å². The summed E-state index contributed by atoms with van der Waals surface area (Å²) >= 11 is 3.38. The van der Waals surface area contributed by atoms with Crippen molar-refractivity contribution < 1.29 is 9.59 Å². The largest absolute Gasteiger partial charge is 0.326 e. The number of amides is 2. The average molecular weight is 373 g/mol. The molecule has 2 aromatic rings. The van der Waals surface area contributed by atoms with Gasteiger partial charge in [-0.2, -0.15) is 0 Å². The Kier molecular flexibility index (Phi) is 4.76. The van der Waals surface area contributed by atoms with Gasteiger partial charge in [0.1, 0.15) is 0 Å². The summed E-state index contributed by atoms with van der Waals surface area (Å²) in [5.74, 6) is 0.106. The normalized spacial score (nSPS) is 14.1. The average Bonchev–Trinajstić information content (AvgIpc) is 2.96. The third-order valence-corrected chi connectivity index (χ3v) is 4.34. The van der Waals surface area contributed by atoms with Gasteiger partial charge >= 0.3 is 0 Å². The second-order valence-electron chi connectivity index (χ2n) is 5.55. The predicted molar refractivity (Wildman–Crippen MR) is 94.5 cm³/mol. The van der Waals surface area contributed by atoms with Gasteiger partial charge in [0.15, 0.2) is 0 Å². The molecule has 0 aromatic heterocycles. The zero-order valence-corrected chi connectivity index (χ0v) is 14.2. The van der Waals surface area contributed by atoms with Crippen molar-refractivity contribution in [1.82, 2.24) is 0 Å². The number of anilines is 2. The van der Waals surface area contributed by atoms with Crippen LogP contribution >= 0.6 is 15.9 Å². The summed E-state index contributed by atoms with van der Waals surface area (Å²) in [4.78, 5) is 25.6. The first-order valence-electron chi connectivity index (χ1n) is 7.56. The third-order valence-electron chi connectivity index (χ3n) is 3.81. The summed E-state index contributed by atoms with van der Waals surface area (Å²) in [6.07, 6.45) is 1.86. The SMILES string of the molecule is O=C(Cc1ccc(Br)cc1)Nc1ccc(N2CCCC2=O)cc1. The summed E-state index contributed by atoms with van der Waals surface area (Å²) < 4.78 is 0.994. The van der Waals surface area contributed by atoms with Crippen LogP contribution in [0.15, 0.2) is 53.0 Å². The summed E-state index contributed by atoms with van der Waals surface area (Å²) in [6, 6.07) is 15.1. The number of benzene rings is 2. The summed E-state index contributed by atoms with van der Waals surface area (Å²) in [5.41, 5.74) is 2.59. The van der Waals surface area contributed by atoms with E-state index in [1.807, 2.05) is 48.5 Å². The van der Waals surface area contributed by atoms with Gasteiger partial charge in [-0.1, -0.05) is 28.1 Å². The van der Waals surface area contributed by atoms with Crippen LogP contribution in [0.3, 0.4) is 0 Å². The minimum absolute atomic E-state index is 0.0580. The lowest BCUT2D eigenvalue weighted by Gasteiger charge is -2.16. The minimum atomic E-state index is -0.0580. The Morgan fingerprint density at radius 1 is 1.09 bits per heavy atom. The van der Waals surface area contributed by atoms with E-state index in [1.54, 1.807) is 4.90 Å². The van der Waals surface area contributed by atoms with E-state index in [4.69, 9.17) is 0 Å². The van der Waals surface area contributed by atoms with Crippen molar-refractivity contribution in [3.8, 4) is 0 Å². The van der Waals surface area contributed by atoms with Crippen molar-refractivity contribution >= 4 is 39.1 Å². The molecule has 0 radical (unpaired) electrons. The Morgan fingerprint density at radius 3 is 2.39 bits per heavy atom. The van der Waals surface area contributed by atoms with Crippen LogP contribution in [0.2, 0.25) is 0 Å². The van der Waals surface area contributed by atoms with Crippen molar-refractivity contribution in [2.24, 2.45) is 0 Å². The fourth-order valence-electron chi connectivity index (χ4n) is 2.64. The zero-order chi connectivity index (χ0) is 16.2. The van der Waals surface area contributed by atoms with Gasteiger partial charge in [0.05, 0.1) is 6.42 Å². The standard InChI is InChI=1S/C18H17BrN2O2/c19-14-5-3-13(4-6-14)12-17(22)20-15-7-9-16(10-8-15)21-11-1-2-18(21)23/h3-10H,1-2,11-12H2,(H,20,22). The smallest absolute Gasteiger partial charge is 0.228 e. The fraction of sp³-hybridized carbons (Fsp3) is 0.222. The van der Waals surface area contributed by atoms with E-state index in [0.717, 1.165) is 34.4 Å². The molecule has 5 heteroatoms. The maximum Gasteiger partial charge on any atom is 0.228 e. The number of rotatable bonds is 4. The molecule has 0 saturated carbocycles. The van der Waals surface area contributed by atoms with Gasteiger partial charge in [-0.3, -0.25) is 9.59 Å². The second-order valence-corrected chi connectivity index (χ2v) is 6.46. The quantitative estimate of drug-likeness (QED) is 0.887. The molecule has 3 rings (SSSR count). The summed E-state index contributed by atoms with van der Waals surface area (Å²) in [6.45, 7) is 0.772. The van der Waals surface area contributed by atoms with E-state index in [1.165, 1.54) is 0 Å². The van der Waals surface area contributed by atoms with Crippen LogP contribution < -0.4 is 10.2 Å². The van der Waals surface area contributed by atoms with Crippen molar-refractivity contribution in [3.05, 3.63) is 58.6 Å².